The minimum absolute atomic E-state index is 0. The van der Waals surface area contributed by atoms with Gasteiger partial charge in [-0.3, -0.25) is 0 Å². The van der Waals surface area contributed by atoms with E-state index < -0.39 is 48.4 Å². The van der Waals surface area contributed by atoms with Crippen LogP contribution in [0.2, 0.25) is 141 Å². The van der Waals surface area contributed by atoms with E-state index in [1.807, 2.05) is 0 Å². The quantitative estimate of drug-likeness (QED) is 0.0422. The van der Waals surface area contributed by atoms with Gasteiger partial charge in [0.05, 0.1) is 24.2 Å². The van der Waals surface area contributed by atoms with Crippen molar-refractivity contribution in [2.45, 2.75) is 458 Å². The van der Waals surface area contributed by atoms with Crippen molar-refractivity contribution >= 4 is 48.4 Å². The smallest absolute Gasteiger partial charge is 0.340 e. The molecule has 0 heterocycles. The predicted octanol–water partition coefficient (Wildman–Crippen LogP) is 29.6. The molecule has 7 heteroatoms. The van der Waals surface area contributed by atoms with E-state index in [1.165, 1.54) is 173 Å². The molecule has 3 fully saturated rings. The van der Waals surface area contributed by atoms with Crippen molar-refractivity contribution in [1.29, 1.82) is 0 Å². The van der Waals surface area contributed by atoms with Crippen molar-refractivity contribution in [1.82, 2.24) is 0 Å². The zero-order valence-electron chi connectivity index (χ0n) is 60.7. The SMILES string of the molecule is [CH2-]C1([Si](CCC)(CCC)CCC)CCCCC1[Si](CCC)(CCC)CCC.[CH2-]C1([Si](CCC)(CCC)CCC)CCCCC1[Si](CCC)(CCC)CCC.[CH2-]C1([Si](CCC)(CCC)CCC)CCCCC1[Si](CCC)(CCC)CCC.[Cr+3]. The van der Waals surface area contributed by atoms with Crippen molar-refractivity contribution in [2.75, 3.05) is 0 Å². The summed E-state index contributed by atoms with van der Waals surface area (Å²) in [5.41, 5.74) is 3.11. The van der Waals surface area contributed by atoms with E-state index in [2.05, 4.69) is 125 Å². The molecule has 3 rings (SSSR count). The first kappa shape index (κ1) is 83.8. The second kappa shape index (κ2) is 43.6. The molecule has 3 aliphatic carbocycles. The van der Waals surface area contributed by atoms with Crippen LogP contribution in [0, 0.1) is 20.8 Å². The minimum Gasteiger partial charge on any atom is -0.340 e. The van der Waals surface area contributed by atoms with Gasteiger partial charge in [0.2, 0.25) is 0 Å². The maximum absolute atomic E-state index is 5.35. The fraction of sp³-hybridized carbons (Fsp3) is 0.960. The molecule has 0 saturated heterocycles. The number of rotatable bonds is 42. The van der Waals surface area contributed by atoms with Crippen LogP contribution in [-0.2, 0) is 17.4 Å². The van der Waals surface area contributed by atoms with E-state index in [-0.39, 0.29) is 17.4 Å². The molecule has 1 radical (unpaired) electrons. The maximum atomic E-state index is 5.35. The van der Waals surface area contributed by atoms with Gasteiger partial charge in [-0.05, 0) is 0 Å². The Morgan fingerprint density at radius 1 is 0.232 bits per heavy atom. The van der Waals surface area contributed by atoms with E-state index >= 15 is 0 Å². The second-order valence-corrected chi connectivity index (χ2v) is 60.2. The molecule has 0 bridgehead atoms. The summed E-state index contributed by atoms with van der Waals surface area (Å²) in [6.07, 6.45) is 43.4. The van der Waals surface area contributed by atoms with Crippen LogP contribution in [0.1, 0.15) is 317 Å². The first-order chi connectivity index (χ1) is 38.9. The van der Waals surface area contributed by atoms with Gasteiger partial charge in [-0.25, -0.2) is 0 Å². The van der Waals surface area contributed by atoms with Crippen molar-refractivity contribution in [3.63, 3.8) is 0 Å². The van der Waals surface area contributed by atoms with Crippen molar-refractivity contribution in [2.24, 2.45) is 0 Å². The zero-order chi connectivity index (χ0) is 61.2. The Labute approximate surface area is 540 Å². The summed E-state index contributed by atoms with van der Waals surface area (Å²) < 4.78 is 0. The molecule has 0 aromatic heterocycles. The topological polar surface area (TPSA) is 0 Å². The van der Waals surface area contributed by atoms with Crippen LogP contribution in [0.25, 0.3) is 0 Å². The molecule has 0 N–H and O–H groups in total. The average Bonchev–Trinajstić information content (AvgIpc) is 2.16. The van der Waals surface area contributed by atoms with Gasteiger partial charge in [-0.2, -0.15) is 15.1 Å². The first-order valence-corrected chi connectivity index (χ1v) is 54.4. The Morgan fingerprint density at radius 2 is 0.366 bits per heavy atom. The van der Waals surface area contributed by atoms with Gasteiger partial charge >= 0.3 is 17.4 Å². The molecule has 0 spiro atoms. The third-order valence-electron chi connectivity index (χ3n) is 24.8. The van der Waals surface area contributed by atoms with Crippen molar-refractivity contribution in [3.05, 3.63) is 20.8 Å². The average molecular weight is 1280 g/mol. The van der Waals surface area contributed by atoms with Crippen LogP contribution in [0.4, 0.5) is 0 Å². The van der Waals surface area contributed by atoms with Gasteiger partial charge in [0.1, 0.15) is 0 Å². The fourth-order valence-electron chi connectivity index (χ4n) is 23.1. The summed E-state index contributed by atoms with van der Waals surface area (Å²) in [5.74, 6) is 0. The van der Waals surface area contributed by atoms with E-state index in [0.717, 1.165) is 16.6 Å². The summed E-state index contributed by atoms with van der Waals surface area (Å²) >= 11 is 0. The Morgan fingerprint density at radius 3 is 0.488 bits per heavy atom. The van der Waals surface area contributed by atoms with E-state index in [0.29, 0.717) is 15.1 Å². The summed E-state index contributed by atoms with van der Waals surface area (Å²) in [7, 11) is -7.83. The molecule has 0 nitrogen and oxygen atoms in total. The Bertz CT molecular complexity index is 1260. The second-order valence-electron chi connectivity index (χ2n) is 30.3. The van der Waals surface area contributed by atoms with E-state index in [4.69, 9.17) is 20.8 Å². The molecular formula is C75H159CrSi6. The van der Waals surface area contributed by atoms with Crippen molar-refractivity contribution < 1.29 is 17.4 Å². The van der Waals surface area contributed by atoms with Crippen LogP contribution >= 0.6 is 0 Å². The summed E-state index contributed by atoms with van der Waals surface area (Å²) in [6, 6.07) is 28.3. The Hall–Kier alpha value is 1.83. The number of hydrogen-bond acceptors (Lipinski definition) is 0. The van der Waals surface area contributed by atoms with Gasteiger partial charge in [0.25, 0.3) is 0 Å². The van der Waals surface area contributed by atoms with Crippen molar-refractivity contribution in [3.8, 4) is 0 Å². The minimum atomic E-state index is -1.36. The predicted molar refractivity (Wildman–Crippen MR) is 397 cm³/mol. The normalized spacial score (nSPS) is 24.0. The molecule has 3 aliphatic rings. The van der Waals surface area contributed by atoms with Crippen LogP contribution in [-0.4, -0.2) is 48.4 Å². The van der Waals surface area contributed by atoms with Gasteiger partial charge in [-0.1, -0.05) is 443 Å². The fourth-order valence-corrected chi connectivity index (χ4v) is 69.5. The van der Waals surface area contributed by atoms with E-state index in [9.17, 15) is 0 Å². The standard InChI is InChI=1S/3C25H53Si2.Cr/c3*1-8-18-26(19-9-2,20-10-3)24-16-14-15-17-25(24,7)27(21-11-4,22-12-5)23-13-6;/h3*24H,7-23H2,1-6H3;/q3*-1;+3. The third-order valence-corrected chi connectivity index (χ3v) is 67.3. The zero-order valence-corrected chi connectivity index (χ0v) is 68.0. The molecule has 0 aromatic rings. The number of hydrogen-bond donors (Lipinski definition) is 0. The summed E-state index contributed by atoms with van der Waals surface area (Å²) in [5, 5.41) is 1.50. The largest absolute Gasteiger partial charge is 3.00 e. The Kier molecular flexibility index (Phi) is 44.5. The van der Waals surface area contributed by atoms with Gasteiger partial charge < -0.3 is 20.8 Å². The molecular weight excluding hydrogens is 1120 g/mol. The van der Waals surface area contributed by atoms with E-state index in [1.54, 1.807) is 128 Å². The molecule has 489 valence electrons. The van der Waals surface area contributed by atoms with Crippen LogP contribution in [0.5, 0.6) is 0 Å². The Balaban J connectivity index is 0.00000119. The molecule has 0 aliphatic heterocycles. The molecule has 82 heavy (non-hydrogen) atoms. The summed E-state index contributed by atoms with van der Waals surface area (Å²) in [6.45, 7) is 60.4. The first-order valence-electron chi connectivity index (χ1n) is 38.4. The van der Waals surface area contributed by atoms with Gasteiger partial charge in [-0.15, -0.1) is 0 Å². The molecule has 0 amide bonds. The van der Waals surface area contributed by atoms with Crippen LogP contribution < -0.4 is 0 Å². The maximum Gasteiger partial charge on any atom is 3.00 e. The molecule has 6 unspecified atom stereocenters. The monoisotopic (exact) mass is 1280 g/mol. The van der Waals surface area contributed by atoms with Gasteiger partial charge in [0, 0.05) is 24.2 Å². The van der Waals surface area contributed by atoms with Crippen LogP contribution in [0.15, 0.2) is 0 Å². The molecule has 3 saturated carbocycles. The molecule has 0 aromatic carbocycles. The molecule has 6 atom stereocenters. The third kappa shape index (κ3) is 20.7. The summed E-state index contributed by atoms with van der Waals surface area (Å²) in [4.78, 5) is 0. The van der Waals surface area contributed by atoms with Gasteiger partial charge in [0.15, 0.2) is 0 Å². The van der Waals surface area contributed by atoms with Crippen LogP contribution in [0.3, 0.4) is 0 Å².